The predicted molar refractivity (Wildman–Crippen MR) is 92.2 cm³/mol. The van der Waals surface area contributed by atoms with E-state index in [0.29, 0.717) is 31.1 Å². The molecule has 2 rings (SSSR count). The number of hydrogen-bond acceptors (Lipinski definition) is 6. The molecule has 0 saturated carbocycles. The minimum Gasteiger partial charge on any atom is -0.354 e. The van der Waals surface area contributed by atoms with E-state index in [-0.39, 0.29) is 18.3 Å². The summed E-state index contributed by atoms with van der Waals surface area (Å²) in [5, 5.41) is 8.64. The molecule has 0 aliphatic heterocycles. The second kappa shape index (κ2) is 8.05. The molecular formula is C13H18BrClN4O2S. The first-order chi connectivity index (χ1) is 9.83. The summed E-state index contributed by atoms with van der Waals surface area (Å²) in [5.74, 6) is 0.924. The van der Waals surface area contributed by atoms with Crippen LogP contribution in [0.5, 0.6) is 0 Å². The third-order valence-corrected chi connectivity index (χ3v) is 4.25. The fraction of sp³-hybridized carbons (Fsp3) is 0.462. The summed E-state index contributed by atoms with van der Waals surface area (Å²) in [4.78, 5) is 16.9. The Morgan fingerprint density at radius 1 is 1.55 bits per heavy atom. The van der Waals surface area contributed by atoms with Crippen LogP contribution in [0.1, 0.15) is 26.2 Å². The molecule has 0 aromatic carbocycles. The number of carbonyl (C=O) groups excluding carboxylic acids is 1. The number of halogens is 2. The lowest BCUT2D eigenvalue weighted by Crippen LogP contribution is -2.45. The quantitative estimate of drug-likeness (QED) is 0.765. The van der Waals surface area contributed by atoms with E-state index in [9.17, 15) is 4.79 Å². The lowest BCUT2D eigenvalue weighted by Gasteiger charge is -2.18. The fourth-order valence-corrected chi connectivity index (χ4v) is 2.87. The summed E-state index contributed by atoms with van der Waals surface area (Å²) >= 11 is 4.91. The van der Waals surface area contributed by atoms with E-state index in [2.05, 4.69) is 31.4 Å². The van der Waals surface area contributed by atoms with Crippen molar-refractivity contribution < 1.29 is 9.32 Å². The van der Waals surface area contributed by atoms with Gasteiger partial charge in [-0.25, -0.2) is 0 Å². The van der Waals surface area contributed by atoms with Crippen molar-refractivity contribution in [2.45, 2.75) is 32.2 Å². The van der Waals surface area contributed by atoms with Crippen LogP contribution in [-0.2, 0) is 11.2 Å². The SMILES string of the molecule is CC(C)(N)CNC(=O)CCc1nc(-c2cc(Br)cs2)no1.Cl. The molecule has 0 aliphatic rings. The Hall–Kier alpha value is -0.960. The average Bonchev–Trinajstić information content (AvgIpc) is 3.01. The molecule has 2 aromatic heterocycles. The van der Waals surface area contributed by atoms with Crippen molar-refractivity contribution in [2.75, 3.05) is 6.54 Å². The summed E-state index contributed by atoms with van der Waals surface area (Å²) in [6.45, 7) is 4.15. The van der Waals surface area contributed by atoms with Gasteiger partial charge in [0.25, 0.3) is 0 Å². The van der Waals surface area contributed by atoms with Crippen molar-refractivity contribution in [3.63, 3.8) is 0 Å². The van der Waals surface area contributed by atoms with Gasteiger partial charge in [0.1, 0.15) is 0 Å². The van der Waals surface area contributed by atoms with E-state index >= 15 is 0 Å². The van der Waals surface area contributed by atoms with Crippen LogP contribution in [0.2, 0.25) is 0 Å². The number of aromatic nitrogens is 2. The van der Waals surface area contributed by atoms with Crippen molar-refractivity contribution in [1.82, 2.24) is 15.5 Å². The number of rotatable bonds is 6. The number of hydrogen-bond donors (Lipinski definition) is 2. The van der Waals surface area contributed by atoms with Gasteiger partial charge in [-0.2, -0.15) is 4.98 Å². The Labute approximate surface area is 147 Å². The molecule has 0 unspecified atom stereocenters. The smallest absolute Gasteiger partial charge is 0.227 e. The highest BCUT2D eigenvalue weighted by molar-refractivity contribution is 9.10. The molecule has 2 heterocycles. The molecule has 2 aromatic rings. The standard InChI is InChI=1S/C13H17BrN4O2S.ClH/c1-13(2,15)7-16-10(19)3-4-11-17-12(18-20-11)9-5-8(14)6-21-9;/h5-6H,3-4,7,15H2,1-2H3,(H,16,19);1H. The Bertz CT molecular complexity index is 624. The number of nitrogens with two attached hydrogens (primary N) is 1. The van der Waals surface area contributed by atoms with Gasteiger partial charge in [-0.15, -0.1) is 23.7 Å². The minimum absolute atomic E-state index is 0. The first-order valence-corrected chi connectivity index (χ1v) is 8.13. The molecule has 3 N–H and O–H groups in total. The highest BCUT2D eigenvalue weighted by atomic mass is 79.9. The van der Waals surface area contributed by atoms with Gasteiger partial charge in [-0.05, 0) is 35.8 Å². The lowest BCUT2D eigenvalue weighted by atomic mass is 10.1. The molecule has 0 bridgehead atoms. The first-order valence-electron chi connectivity index (χ1n) is 6.46. The highest BCUT2D eigenvalue weighted by Gasteiger charge is 2.14. The Kier molecular flexibility index (Phi) is 6.98. The Balaban J connectivity index is 0.00000242. The number of nitrogens with one attached hydrogen (secondary N) is 1. The van der Waals surface area contributed by atoms with Crippen LogP contribution in [0.25, 0.3) is 10.7 Å². The van der Waals surface area contributed by atoms with E-state index in [1.807, 2.05) is 25.3 Å². The van der Waals surface area contributed by atoms with Gasteiger partial charge in [-0.1, -0.05) is 5.16 Å². The van der Waals surface area contributed by atoms with Gasteiger partial charge in [0.05, 0.1) is 4.88 Å². The highest BCUT2D eigenvalue weighted by Crippen LogP contribution is 2.27. The zero-order valence-electron chi connectivity index (χ0n) is 12.3. The summed E-state index contributed by atoms with van der Waals surface area (Å²) in [7, 11) is 0. The van der Waals surface area contributed by atoms with Gasteiger partial charge in [0, 0.05) is 34.8 Å². The summed E-state index contributed by atoms with van der Waals surface area (Å²) < 4.78 is 6.13. The van der Waals surface area contributed by atoms with Gasteiger partial charge in [0.2, 0.25) is 17.6 Å². The van der Waals surface area contributed by atoms with Crippen LogP contribution in [0.3, 0.4) is 0 Å². The van der Waals surface area contributed by atoms with Crippen molar-refractivity contribution in [2.24, 2.45) is 5.73 Å². The molecule has 9 heteroatoms. The van der Waals surface area contributed by atoms with Gasteiger partial charge in [0.15, 0.2) is 0 Å². The summed E-state index contributed by atoms with van der Waals surface area (Å²) in [6, 6.07) is 1.93. The van der Waals surface area contributed by atoms with Gasteiger partial charge in [-0.3, -0.25) is 4.79 Å². The molecule has 122 valence electrons. The summed E-state index contributed by atoms with van der Waals surface area (Å²) in [6.07, 6.45) is 0.711. The molecular weight excluding hydrogens is 392 g/mol. The van der Waals surface area contributed by atoms with Crippen molar-refractivity contribution in [1.29, 1.82) is 0 Å². The molecule has 1 amide bonds. The van der Waals surface area contributed by atoms with Crippen molar-refractivity contribution in [3.05, 3.63) is 21.8 Å². The van der Waals surface area contributed by atoms with Crippen LogP contribution < -0.4 is 11.1 Å². The van der Waals surface area contributed by atoms with E-state index < -0.39 is 5.54 Å². The molecule has 0 saturated heterocycles. The van der Waals surface area contributed by atoms with E-state index in [0.717, 1.165) is 9.35 Å². The third kappa shape index (κ3) is 6.04. The molecule has 6 nitrogen and oxygen atoms in total. The second-order valence-electron chi connectivity index (χ2n) is 5.41. The largest absolute Gasteiger partial charge is 0.354 e. The van der Waals surface area contributed by atoms with E-state index in [1.54, 1.807) is 0 Å². The van der Waals surface area contributed by atoms with E-state index in [1.165, 1.54) is 11.3 Å². The molecule has 0 atom stereocenters. The number of carbonyl (C=O) groups is 1. The number of thiophene rings is 1. The van der Waals surface area contributed by atoms with Crippen molar-refractivity contribution in [3.8, 4) is 10.7 Å². The molecule has 0 radical (unpaired) electrons. The Morgan fingerprint density at radius 2 is 2.27 bits per heavy atom. The zero-order valence-corrected chi connectivity index (χ0v) is 15.5. The maximum Gasteiger partial charge on any atom is 0.227 e. The zero-order chi connectivity index (χ0) is 15.5. The van der Waals surface area contributed by atoms with Crippen LogP contribution in [0, 0.1) is 0 Å². The Morgan fingerprint density at radius 3 is 2.86 bits per heavy atom. The predicted octanol–water partition coefficient (Wildman–Crippen LogP) is 2.77. The molecule has 0 fully saturated rings. The monoisotopic (exact) mass is 408 g/mol. The topological polar surface area (TPSA) is 94.0 Å². The average molecular weight is 410 g/mol. The van der Waals surface area contributed by atoms with Crippen LogP contribution in [0.4, 0.5) is 0 Å². The lowest BCUT2D eigenvalue weighted by molar-refractivity contribution is -0.121. The van der Waals surface area contributed by atoms with Crippen molar-refractivity contribution >= 4 is 45.6 Å². The van der Waals surface area contributed by atoms with Gasteiger partial charge < -0.3 is 15.6 Å². The maximum atomic E-state index is 11.7. The van der Waals surface area contributed by atoms with Crippen LogP contribution >= 0.6 is 39.7 Å². The number of nitrogens with zero attached hydrogens (tertiary/aromatic N) is 2. The number of aryl methyl sites for hydroxylation is 1. The molecule has 0 spiro atoms. The van der Waals surface area contributed by atoms with Gasteiger partial charge >= 0.3 is 0 Å². The summed E-state index contributed by atoms with van der Waals surface area (Å²) in [5.41, 5.74) is 5.39. The maximum absolute atomic E-state index is 11.7. The second-order valence-corrected chi connectivity index (χ2v) is 7.23. The number of amides is 1. The van der Waals surface area contributed by atoms with Crippen LogP contribution in [-0.4, -0.2) is 28.1 Å². The third-order valence-electron chi connectivity index (χ3n) is 2.56. The normalized spacial score (nSPS) is 11.1. The molecule has 22 heavy (non-hydrogen) atoms. The fourth-order valence-electron chi connectivity index (χ4n) is 1.52. The van der Waals surface area contributed by atoms with Crippen LogP contribution in [0.15, 0.2) is 20.4 Å². The first kappa shape index (κ1) is 19.1. The molecule has 0 aliphatic carbocycles. The van der Waals surface area contributed by atoms with E-state index in [4.69, 9.17) is 10.3 Å². The minimum atomic E-state index is -0.417.